The van der Waals surface area contributed by atoms with Gasteiger partial charge in [-0.15, -0.1) is 0 Å². The summed E-state index contributed by atoms with van der Waals surface area (Å²) < 4.78 is 10.8. The zero-order valence-electron chi connectivity index (χ0n) is 15.5. The second kappa shape index (κ2) is 10.7. The van der Waals surface area contributed by atoms with Crippen LogP contribution in [0, 0.1) is 0 Å². The molecule has 0 aliphatic heterocycles. The highest BCUT2D eigenvalue weighted by Crippen LogP contribution is 2.15. The van der Waals surface area contributed by atoms with Crippen molar-refractivity contribution in [3.8, 4) is 0 Å². The van der Waals surface area contributed by atoms with Crippen molar-refractivity contribution in [2.24, 2.45) is 0 Å². The lowest BCUT2D eigenvalue weighted by atomic mass is 10.2. The number of nitrogens with one attached hydrogen (secondary N) is 2. The highest BCUT2D eigenvalue weighted by molar-refractivity contribution is 6.31. The lowest BCUT2D eigenvalue weighted by Crippen LogP contribution is -2.43. The number of hydrogen-bond acceptors (Lipinski definition) is 5. The maximum atomic E-state index is 12.0. The van der Waals surface area contributed by atoms with Crippen LogP contribution in [0.4, 0.5) is 0 Å². The number of benzene rings is 1. The maximum Gasteiger partial charge on any atom is 0.305 e. The fraction of sp³-hybridized carbons (Fsp3) is 0.368. The van der Waals surface area contributed by atoms with Crippen molar-refractivity contribution in [3.63, 3.8) is 0 Å². The summed E-state index contributed by atoms with van der Waals surface area (Å²) in [6.45, 7) is 6.52. The van der Waals surface area contributed by atoms with E-state index in [4.69, 9.17) is 20.8 Å². The van der Waals surface area contributed by atoms with E-state index in [0.29, 0.717) is 17.3 Å². The van der Waals surface area contributed by atoms with E-state index in [0.717, 1.165) is 18.7 Å². The minimum absolute atomic E-state index is 0.134. The summed E-state index contributed by atoms with van der Waals surface area (Å²) in [5, 5.41) is 0.574. The molecule has 2 N–H and O–H groups in total. The van der Waals surface area contributed by atoms with Crippen LogP contribution >= 0.6 is 11.6 Å². The first kappa shape index (κ1) is 21.0. The first-order valence-corrected chi connectivity index (χ1v) is 9.12. The van der Waals surface area contributed by atoms with Gasteiger partial charge in [0.15, 0.2) is 5.76 Å². The van der Waals surface area contributed by atoms with Gasteiger partial charge in [0, 0.05) is 5.02 Å². The van der Waals surface area contributed by atoms with E-state index in [-0.39, 0.29) is 19.0 Å². The topological polar surface area (TPSA) is 83.8 Å². The number of nitrogens with zero attached hydrogens (tertiary/aromatic N) is 1. The maximum absolute atomic E-state index is 12.0. The molecule has 1 heterocycles. The van der Waals surface area contributed by atoms with Crippen molar-refractivity contribution in [3.05, 3.63) is 58.5 Å². The fourth-order valence-corrected chi connectivity index (χ4v) is 2.54. The zero-order valence-corrected chi connectivity index (χ0v) is 16.2. The van der Waals surface area contributed by atoms with Gasteiger partial charge < -0.3 is 9.15 Å². The van der Waals surface area contributed by atoms with Crippen LogP contribution in [0.25, 0.3) is 0 Å². The molecule has 7 nitrogen and oxygen atoms in total. The molecule has 0 atom stereocenters. The zero-order chi connectivity index (χ0) is 19.6. The van der Waals surface area contributed by atoms with Crippen LogP contribution in [0.15, 0.2) is 40.8 Å². The normalized spacial score (nSPS) is 10.8. The van der Waals surface area contributed by atoms with Crippen LogP contribution in [-0.2, 0) is 22.7 Å². The molecule has 0 spiro atoms. The number of carbonyl (C=O) groups is 2. The van der Waals surface area contributed by atoms with Gasteiger partial charge in [0.05, 0.1) is 13.2 Å². The van der Waals surface area contributed by atoms with Crippen molar-refractivity contribution in [2.75, 3.05) is 19.7 Å². The second-order valence-electron chi connectivity index (χ2n) is 5.81. The Hall–Kier alpha value is -2.35. The number of furan rings is 1. The average Bonchev–Trinajstić information content (AvgIpc) is 3.14. The molecule has 2 amide bonds. The number of hydrogen-bond donors (Lipinski definition) is 2. The second-order valence-corrected chi connectivity index (χ2v) is 6.22. The van der Waals surface area contributed by atoms with Crippen LogP contribution in [-0.4, -0.2) is 36.4 Å². The van der Waals surface area contributed by atoms with Crippen molar-refractivity contribution in [1.82, 2.24) is 15.8 Å². The highest BCUT2D eigenvalue weighted by Gasteiger charge is 2.13. The van der Waals surface area contributed by atoms with Gasteiger partial charge >= 0.3 is 5.91 Å². The van der Waals surface area contributed by atoms with Crippen LogP contribution in [0.3, 0.4) is 0 Å². The summed E-state index contributed by atoms with van der Waals surface area (Å²) >= 11 is 6.01. The summed E-state index contributed by atoms with van der Waals surface area (Å²) in [4.78, 5) is 26.0. The van der Waals surface area contributed by atoms with Crippen molar-refractivity contribution < 1.29 is 18.7 Å². The Balaban J connectivity index is 1.72. The molecule has 0 radical (unpaired) electrons. The Morgan fingerprint density at radius 2 is 1.85 bits per heavy atom. The summed E-state index contributed by atoms with van der Waals surface area (Å²) in [7, 11) is 0. The molecule has 8 heteroatoms. The standard InChI is InChI=1S/C19H24ClN3O4/c1-3-23(4-2)11-15-9-10-17(27-15)19(25)22-21-18(24)13-26-12-14-7-5-6-8-16(14)20/h5-10H,3-4,11-13H2,1-2H3,(H,21,24)(H,22,25). The molecule has 1 aromatic carbocycles. The van der Waals surface area contributed by atoms with Gasteiger partial charge in [-0.3, -0.25) is 25.3 Å². The SMILES string of the molecule is CCN(CC)Cc1ccc(C(=O)NNC(=O)COCc2ccccc2Cl)o1. The van der Waals surface area contributed by atoms with Crippen molar-refractivity contribution >= 4 is 23.4 Å². The number of rotatable bonds is 9. The van der Waals surface area contributed by atoms with Crippen LogP contribution in [0.1, 0.15) is 35.7 Å². The minimum atomic E-state index is -0.528. The average molecular weight is 394 g/mol. The minimum Gasteiger partial charge on any atom is -0.454 e. The molecule has 2 rings (SSSR count). The summed E-state index contributed by atoms with van der Waals surface area (Å²) in [6, 6.07) is 10.5. The molecule has 0 bridgehead atoms. The van der Waals surface area contributed by atoms with E-state index < -0.39 is 11.8 Å². The van der Waals surface area contributed by atoms with Gasteiger partial charge in [0.25, 0.3) is 5.91 Å². The smallest absolute Gasteiger partial charge is 0.305 e. The molecule has 0 aliphatic rings. The van der Waals surface area contributed by atoms with E-state index in [2.05, 4.69) is 29.6 Å². The first-order valence-electron chi connectivity index (χ1n) is 8.74. The van der Waals surface area contributed by atoms with E-state index in [1.807, 2.05) is 18.2 Å². The van der Waals surface area contributed by atoms with Gasteiger partial charge in [-0.2, -0.15) is 0 Å². The molecule has 1 aromatic heterocycles. The van der Waals surface area contributed by atoms with Gasteiger partial charge in [-0.05, 0) is 36.9 Å². The van der Waals surface area contributed by atoms with Gasteiger partial charge in [-0.1, -0.05) is 43.6 Å². The van der Waals surface area contributed by atoms with E-state index in [9.17, 15) is 9.59 Å². The van der Waals surface area contributed by atoms with Gasteiger partial charge in [0.1, 0.15) is 12.4 Å². The predicted molar refractivity (Wildman–Crippen MR) is 102 cm³/mol. The lowest BCUT2D eigenvalue weighted by molar-refractivity contribution is -0.126. The number of ether oxygens (including phenoxy) is 1. The Bertz CT molecular complexity index is 759. The Morgan fingerprint density at radius 1 is 1.11 bits per heavy atom. The molecule has 27 heavy (non-hydrogen) atoms. The summed E-state index contributed by atoms with van der Waals surface area (Å²) in [5.41, 5.74) is 5.37. The monoisotopic (exact) mass is 393 g/mol. The third kappa shape index (κ3) is 6.71. The molecule has 2 aromatic rings. The molecule has 0 saturated heterocycles. The fourth-order valence-electron chi connectivity index (χ4n) is 2.35. The number of amides is 2. The summed E-state index contributed by atoms with van der Waals surface area (Å²) in [6.07, 6.45) is 0. The van der Waals surface area contributed by atoms with E-state index in [1.165, 1.54) is 0 Å². The summed E-state index contributed by atoms with van der Waals surface area (Å²) in [5.74, 6) is -0.182. The molecule has 0 saturated carbocycles. The Morgan fingerprint density at radius 3 is 2.56 bits per heavy atom. The third-order valence-electron chi connectivity index (χ3n) is 3.92. The third-order valence-corrected chi connectivity index (χ3v) is 4.29. The van der Waals surface area contributed by atoms with Crippen LogP contribution in [0.2, 0.25) is 5.02 Å². The molecule has 0 fully saturated rings. The highest BCUT2D eigenvalue weighted by atomic mass is 35.5. The number of halogens is 1. The lowest BCUT2D eigenvalue weighted by Gasteiger charge is -2.15. The molecule has 0 unspecified atom stereocenters. The number of carbonyl (C=O) groups excluding carboxylic acids is 2. The first-order chi connectivity index (χ1) is 13.0. The van der Waals surface area contributed by atoms with Crippen molar-refractivity contribution in [2.45, 2.75) is 27.0 Å². The Kier molecular flexibility index (Phi) is 8.32. The molecular weight excluding hydrogens is 370 g/mol. The van der Waals surface area contributed by atoms with Crippen molar-refractivity contribution in [1.29, 1.82) is 0 Å². The Labute approximate surface area is 163 Å². The van der Waals surface area contributed by atoms with Crippen LogP contribution < -0.4 is 10.9 Å². The largest absolute Gasteiger partial charge is 0.454 e. The van der Waals surface area contributed by atoms with Crippen LogP contribution in [0.5, 0.6) is 0 Å². The van der Waals surface area contributed by atoms with E-state index >= 15 is 0 Å². The number of hydrazine groups is 1. The van der Waals surface area contributed by atoms with Gasteiger partial charge in [-0.25, -0.2) is 0 Å². The quantitative estimate of drug-likeness (QED) is 0.640. The molecular formula is C19H24ClN3O4. The van der Waals surface area contributed by atoms with Gasteiger partial charge in [0.2, 0.25) is 0 Å². The molecule has 146 valence electrons. The molecule has 0 aliphatic carbocycles. The predicted octanol–water partition coefficient (Wildman–Crippen LogP) is 2.75. The van der Waals surface area contributed by atoms with E-state index in [1.54, 1.807) is 18.2 Å².